The van der Waals surface area contributed by atoms with Crippen molar-refractivity contribution in [3.8, 4) is 0 Å². The lowest BCUT2D eigenvalue weighted by Gasteiger charge is -2.22. The molecule has 0 bridgehead atoms. The summed E-state index contributed by atoms with van der Waals surface area (Å²) >= 11 is 0. The smallest absolute Gasteiger partial charge is 0.191 e. The van der Waals surface area contributed by atoms with Gasteiger partial charge in [-0.1, -0.05) is 24.3 Å². The molecule has 1 aromatic rings. The maximum atomic E-state index is 5.07. The van der Waals surface area contributed by atoms with Crippen molar-refractivity contribution in [2.75, 3.05) is 33.9 Å². The summed E-state index contributed by atoms with van der Waals surface area (Å²) in [6, 6.07) is 9.05. The number of rotatable bonds is 9. The number of benzene rings is 1. The molecule has 0 heterocycles. The van der Waals surface area contributed by atoms with E-state index in [0.29, 0.717) is 19.2 Å². The Labute approximate surface area is 164 Å². The molecular weight excluding hydrogens is 415 g/mol. The van der Waals surface area contributed by atoms with Crippen LogP contribution in [0.1, 0.15) is 31.9 Å². The van der Waals surface area contributed by atoms with E-state index in [1.165, 1.54) is 11.1 Å². The molecule has 0 unspecified atom stereocenters. The van der Waals surface area contributed by atoms with Gasteiger partial charge in [-0.15, -0.1) is 24.0 Å². The molecule has 0 saturated heterocycles. The minimum Gasteiger partial charge on any atom is -0.383 e. The molecule has 5 nitrogen and oxygen atoms in total. The van der Waals surface area contributed by atoms with E-state index < -0.39 is 0 Å². The number of methoxy groups -OCH3 is 1. The minimum atomic E-state index is 0. The molecule has 0 aliphatic rings. The van der Waals surface area contributed by atoms with E-state index in [2.05, 4.69) is 72.6 Å². The van der Waals surface area contributed by atoms with Gasteiger partial charge < -0.3 is 15.4 Å². The van der Waals surface area contributed by atoms with Crippen molar-refractivity contribution < 1.29 is 4.74 Å². The Hall–Kier alpha value is -0.860. The third-order valence-electron chi connectivity index (χ3n) is 3.77. The Morgan fingerprint density at radius 1 is 1.21 bits per heavy atom. The van der Waals surface area contributed by atoms with Gasteiger partial charge in [-0.3, -0.25) is 4.90 Å². The van der Waals surface area contributed by atoms with Crippen molar-refractivity contribution in [3.05, 3.63) is 35.4 Å². The molecule has 1 aromatic carbocycles. The summed E-state index contributed by atoms with van der Waals surface area (Å²) in [6.45, 7) is 10.4. The van der Waals surface area contributed by atoms with Gasteiger partial charge in [0.15, 0.2) is 5.96 Å². The highest BCUT2D eigenvalue weighted by atomic mass is 127. The first kappa shape index (κ1) is 23.1. The van der Waals surface area contributed by atoms with E-state index in [1.54, 1.807) is 7.11 Å². The summed E-state index contributed by atoms with van der Waals surface area (Å²) in [6.07, 6.45) is 0. The lowest BCUT2D eigenvalue weighted by molar-refractivity contribution is 0.203. The van der Waals surface area contributed by atoms with Crippen molar-refractivity contribution in [3.63, 3.8) is 0 Å². The molecule has 24 heavy (non-hydrogen) atoms. The third-order valence-corrected chi connectivity index (χ3v) is 3.77. The minimum absolute atomic E-state index is 0. The van der Waals surface area contributed by atoms with Crippen LogP contribution in [0.5, 0.6) is 0 Å². The standard InChI is InChI=1S/C18H32N4O.HI/c1-6-19-18(20-11-12-23-5)21-13-16-9-7-8-10-17(16)14-22(4)15(2)3;/h7-10,15H,6,11-14H2,1-5H3,(H2,19,20,21);1H. The monoisotopic (exact) mass is 448 g/mol. The first-order valence-electron chi connectivity index (χ1n) is 8.36. The highest BCUT2D eigenvalue weighted by Crippen LogP contribution is 2.13. The van der Waals surface area contributed by atoms with Gasteiger partial charge >= 0.3 is 0 Å². The summed E-state index contributed by atoms with van der Waals surface area (Å²) in [7, 11) is 3.86. The molecule has 0 aliphatic carbocycles. The second-order valence-electron chi connectivity index (χ2n) is 5.89. The van der Waals surface area contributed by atoms with Crippen molar-refractivity contribution in [2.45, 2.75) is 39.9 Å². The summed E-state index contributed by atoms with van der Waals surface area (Å²) in [5.41, 5.74) is 2.60. The zero-order valence-electron chi connectivity index (χ0n) is 15.6. The normalized spacial score (nSPS) is 11.5. The van der Waals surface area contributed by atoms with Crippen LogP contribution < -0.4 is 10.6 Å². The van der Waals surface area contributed by atoms with Crippen molar-refractivity contribution in [1.82, 2.24) is 15.5 Å². The van der Waals surface area contributed by atoms with Crippen LogP contribution in [0.2, 0.25) is 0 Å². The molecule has 1 rings (SSSR count). The Kier molecular flexibility index (Phi) is 13.0. The van der Waals surface area contributed by atoms with Crippen LogP contribution >= 0.6 is 24.0 Å². The van der Waals surface area contributed by atoms with E-state index in [9.17, 15) is 0 Å². The average Bonchev–Trinajstić information content (AvgIpc) is 2.53. The molecule has 0 fully saturated rings. The maximum absolute atomic E-state index is 5.07. The van der Waals surface area contributed by atoms with Crippen LogP contribution in [0.3, 0.4) is 0 Å². The second-order valence-corrected chi connectivity index (χ2v) is 5.89. The van der Waals surface area contributed by atoms with Crippen molar-refractivity contribution in [2.24, 2.45) is 4.99 Å². The van der Waals surface area contributed by atoms with Crippen molar-refractivity contribution in [1.29, 1.82) is 0 Å². The maximum Gasteiger partial charge on any atom is 0.191 e. The van der Waals surface area contributed by atoms with E-state index in [1.807, 2.05) is 0 Å². The predicted molar refractivity (Wildman–Crippen MR) is 113 cm³/mol. The molecule has 0 spiro atoms. The SMILES string of the molecule is CCNC(=NCc1ccccc1CN(C)C(C)C)NCCOC.I. The molecular formula is C18H33IN4O. The van der Waals surface area contributed by atoms with Crippen LogP contribution in [0.15, 0.2) is 29.3 Å². The third kappa shape index (κ3) is 8.84. The molecule has 0 radical (unpaired) electrons. The zero-order valence-corrected chi connectivity index (χ0v) is 18.0. The van der Waals surface area contributed by atoms with Crippen molar-refractivity contribution >= 4 is 29.9 Å². The van der Waals surface area contributed by atoms with Crippen LogP contribution in [0, 0.1) is 0 Å². The number of ether oxygens (including phenoxy) is 1. The van der Waals surface area contributed by atoms with E-state index in [0.717, 1.165) is 25.6 Å². The quantitative estimate of drug-likeness (QED) is 0.264. The van der Waals surface area contributed by atoms with Gasteiger partial charge in [0.1, 0.15) is 0 Å². The number of nitrogens with zero attached hydrogens (tertiary/aromatic N) is 2. The predicted octanol–water partition coefficient (Wildman–Crippen LogP) is 2.85. The van der Waals surface area contributed by atoms with E-state index in [4.69, 9.17) is 4.74 Å². The Morgan fingerprint density at radius 2 is 1.88 bits per heavy atom. The van der Waals surface area contributed by atoms with Gasteiger partial charge in [-0.05, 0) is 38.9 Å². The summed E-state index contributed by atoms with van der Waals surface area (Å²) in [5.74, 6) is 0.830. The average molecular weight is 448 g/mol. The summed E-state index contributed by atoms with van der Waals surface area (Å²) in [5, 5.41) is 6.54. The van der Waals surface area contributed by atoms with Gasteiger partial charge in [0.25, 0.3) is 0 Å². The fraction of sp³-hybridized carbons (Fsp3) is 0.611. The fourth-order valence-electron chi connectivity index (χ4n) is 2.09. The number of nitrogens with one attached hydrogen (secondary N) is 2. The molecule has 2 N–H and O–H groups in total. The van der Waals surface area contributed by atoms with E-state index in [-0.39, 0.29) is 24.0 Å². The zero-order chi connectivity index (χ0) is 17.1. The topological polar surface area (TPSA) is 48.9 Å². The molecule has 6 heteroatoms. The van der Waals surface area contributed by atoms with Crippen LogP contribution in [0.4, 0.5) is 0 Å². The summed E-state index contributed by atoms with van der Waals surface area (Å²) < 4.78 is 5.07. The summed E-state index contributed by atoms with van der Waals surface area (Å²) in [4.78, 5) is 7.03. The number of hydrogen-bond acceptors (Lipinski definition) is 3. The first-order chi connectivity index (χ1) is 11.1. The van der Waals surface area contributed by atoms with Gasteiger partial charge in [0.2, 0.25) is 0 Å². The molecule has 0 saturated carbocycles. The van der Waals surface area contributed by atoms with Crippen LogP contribution in [-0.2, 0) is 17.8 Å². The van der Waals surface area contributed by atoms with Crippen LogP contribution in [-0.4, -0.2) is 50.8 Å². The number of guanidine groups is 1. The Morgan fingerprint density at radius 3 is 2.46 bits per heavy atom. The Bertz CT molecular complexity index is 480. The fourth-order valence-corrected chi connectivity index (χ4v) is 2.09. The van der Waals surface area contributed by atoms with Gasteiger partial charge in [-0.25, -0.2) is 4.99 Å². The molecule has 0 amide bonds. The number of halogens is 1. The largest absolute Gasteiger partial charge is 0.383 e. The van der Waals surface area contributed by atoms with E-state index >= 15 is 0 Å². The molecule has 0 aromatic heterocycles. The number of hydrogen-bond donors (Lipinski definition) is 2. The molecule has 0 aliphatic heterocycles. The molecule has 0 atom stereocenters. The molecule has 138 valence electrons. The highest BCUT2D eigenvalue weighted by Gasteiger charge is 2.08. The lowest BCUT2D eigenvalue weighted by Crippen LogP contribution is -2.38. The van der Waals surface area contributed by atoms with Gasteiger partial charge in [0, 0.05) is 32.8 Å². The lowest BCUT2D eigenvalue weighted by atomic mass is 10.1. The van der Waals surface area contributed by atoms with Gasteiger partial charge in [0.05, 0.1) is 13.2 Å². The second kappa shape index (κ2) is 13.4. The first-order valence-corrected chi connectivity index (χ1v) is 8.36. The van der Waals surface area contributed by atoms with Gasteiger partial charge in [-0.2, -0.15) is 0 Å². The highest BCUT2D eigenvalue weighted by molar-refractivity contribution is 14.0. The van der Waals surface area contributed by atoms with Crippen LogP contribution in [0.25, 0.3) is 0 Å². The number of aliphatic imine (C=N–C) groups is 1. The Balaban J connectivity index is 0.00000529.